The molecule has 2 aromatic rings. The number of hydrogen-bond donors (Lipinski definition) is 1. The highest BCUT2D eigenvalue weighted by atomic mass is 16.5. The van der Waals surface area contributed by atoms with E-state index in [-0.39, 0.29) is 12.0 Å². The molecule has 2 heterocycles. The average Bonchev–Trinajstić information content (AvgIpc) is 3.02. The molecule has 23 heavy (non-hydrogen) atoms. The van der Waals surface area contributed by atoms with Gasteiger partial charge >= 0.3 is 0 Å². The first-order chi connectivity index (χ1) is 11.1. The van der Waals surface area contributed by atoms with Gasteiger partial charge in [0.05, 0.1) is 17.4 Å². The van der Waals surface area contributed by atoms with Gasteiger partial charge in [0.1, 0.15) is 0 Å². The third-order valence-corrected chi connectivity index (χ3v) is 4.34. The summed E-state index contributed by atoms with van der Waals surface area (Å²) in [6.07, 6.45) is 1.03. The van der Waals surface area contributed by atoms with Crippen molar-refractivity contribution in [2.24, 2.45) is 5.92 Å². The van der Waals surface area contributed by atoms with E-state index in [4.69, 9.17) is 4.74 Å². The van der Waals surface area contributed by atoms with Crippen LogP contribution in [0.25, 0.3) is 0 Å². The number of ether oxygens (including phenoxy) is 1. The number of carbonyl (C=O) groups excluding carboxylic acids is 1. The van der Waals surface area contributed by atoms with Crippen molar-refractivity contribution in [2.75, 3.05) is 13.2 Å². The second kappa shape index (κ2) is 6.92. The third-order valence-electron chi connectivity index (χ3n) is 4.34. The van der Waals surface area contributed by atoms with E-state index in [1.165, 1.54) is 5.56 Å². The maximum absolute atomic E-state index is 12.4. The van der Waals surface area contributed by atoms with Crippen LogP contribution in [-0.2, 0) is 4.74 Å². The number of rotatable bonds is 4. The average molecular weight is 310 g/mol. The van der Waals surface area contributed by atoms with Gasteiger partial charge in [-0.2, -0.15) is 0 Å². The second-order valence-corrected chi connectivity index (χ2v) is 6.05. The van der Waals surface area contributed by atoms with Crippen LogP contribution in [0.4, 0.5) is 0 Å². The van der Waals surface area contributed by atoms with Crippen molar-refractivity contribution < 1.29 is 9.53 Å². The van der Waals surface area contributed by atoms with Crippen molar-refractivity contribution in [3.63, 3.8) is 0 Å². The summed E-state index contributed by atoms with van der Waals surface area (Å²) < 4.78 is 5.87. The molecule has 0 bridgehead atoms. The number of aromatic nitrogens is 1. The second-order valence-electron chi connectivity index (χ2n) is 6.05. The van der Waals surface area contributed by atoms with Crippen molar-refractivity contribution in [3.8, 4) is 0 Å². The topological polar surface area (TPSA) is 51.2 Å². The largest absolute Gasteiger partial charge is 0.373 e. The molecule has 1 aromatic heterocycles. The van der Waals surface area contributed by atoms with Crippen LogP contribution in [0.2, 0.25) is 0 Å². The van der Waals surface area contributed by atoms with Crippen molar-refractivity contribution >= 4 is 5.91 Å². The SMILES string of the molecule is Cc1ccc(C(=O)NC[C@H]2CCO[C@@H]2c2ccccc2)c(C)n1. The predicted molar refractivity (Wildman–Crippen MR) is 89.3 cm³/mol. The lowest BCUT2D eigenvalue weighted by molar-refractivity contribution is 0.0846. The maximum Gasteiger partial charge on any atom is 0.253 e. The van der Waals surface area contributed by atoms with E-state index in [0.717, 1.165) is 24.4 Å². The normalized spacial score (nSPS) is 20.4. The Balaban J connectivity index is 1.64. The summed E-state index contributed by atoms with van der Waals surface area (Å²) in [5.74, 6) is 0.244. The summed E-state index contributed by atoms with van der Waals surface area (Å²) in [6.45, 7) is 5.15. The fourth-order valence-electron chi connectivity index (χ4n) is 3.10. The molecule has 0 spiro atoms. The third kappa shape index (κ3) is 3.59. The molecule has 1 N–H and O–H groups in total. The first-order valence-corrected chi connectivity index (χ1v) is 8.04. The Morgan fingerprint density at radius 2 is 2.00 bits per heavy atom. The van der Waals surface area contributed by atoms with Crippen LogP contribution in [0.1, 0.15) is 39.8 Å². The van der Waals surface area contributed by atoms with Crippen molar-refractivity contribution in [1.29, 1.82) is 0 Å². The van der Waals surface area contributed by atoms with E-state index in [2.05, 4.69) is 22.4 Å². The zero-order valence-electron chi connectivity index (χ0n) is 13.6. The minimum atomic E-state index is -0.0614. The van der Waals surface area contributed by atoms with Gasteiger partial charge < -0.3 is 10.1 Å². The Morgan fingerprint density at radius 1 is 1.22 bits per heavy atom. The van der Waals surface area contributed by atoms with Crippen LogP contribution in [0.15, 0.2) is 42.5 Å². The molecule has 4 nitrogen and oxygen atoms in total. The minimum absolute atomic E-state index is 0.0614. The van der Waals surface area contributed by atoms with Gasteiger partial charge in [0.2, 0.25) is 0 Å². The Bertz CT molecular complexity index is 685. The molecule has 2 atom stereocenters. The van der Waals surface area contributed by atoms with E-state index in [1.807, 2.05) is 44.2 Å². The molecule has 0 saturated carbocycles. The zero-order chi connectivity index (χ0) is 16.2. The summed E-state index contributed by atoms with van der Waals surface area (Å²) >= 11 is 0. The van der Waals surface area contributed by atoms with Gasteiger partial charge in [0.25, 0.3) is 5.91 Å². The molecule has 3 rings (SSSR count). The molecule has 1 aliphatic heterocycles. The highest BCUT2D eigenvalue weighted by molar-refractivity contribution is 5.95. The summed E-state index contributed by atoms with van der Waals surface area (Å²) in [4.78, 5) is 16.7. The van der Waals surface area contributed by atoms with Crippen molar-refractivity contribution in [2.45, 2.75) is 26.4 Å². The lowest BCUT2D eigenvalue weighted by Crippen LogP contribution is -2.31. The first kappa shape index (κ1) is 15.7. The molecule has 1 amide bonds. The molecule has 0 unspecified atom stereocenters. The highest BCUT2D eigenvalue weighted by Gasteiger charge is 2.29. The minimum Gasteiger partial charge on any atom is -0.373 e. The summed E-state index contributed by atoms with van der Waals surface area (Å²) in [6, 6.07) is 13.9. The summed E-state index contributed by atoms with van der Waals surface area (Å²) in [5, 5.41) is 3.04. The summed E-state index contributed by atoms with van der Waals surface area (Å²) in [7, 11) is 0. The summed E-state index contributed by atoms with van der Waals surface area (Å²) in [5.41, 5.74) is 3.51. The molecule has 1 saturated heterocycles. The zero-order valence-corrected chi connectivity index (χ0v) is 13.6. The molecule has 1 aliphatic rings. The van der Waals surface area contributed by atoms with Crippen molar-refractivity contribution in [1.82, 2.24) is 10.3 Å². The Hall–Kier alpha value is -2.20. The molecule has 1 aromatic carbocycles. The number of carbonyl (C=O) groups is 1. The van der Waals surface area contributed by atoms with Gasteiger partial charge in [-0.1, -0.05) is 30.3 Å². The van der Waals surface area contributed by atoms with Gasteiger partial charge in [0, 0.05) is 24.8 Å². The Labute approximate surface area is 136 Å². The van der Waals surface area contributed by atoms with Crippen LogP contribution >= 0.6 is 0 Å². The van der Waals surface area contributed by atoms with E-state index in [9.17, 15) is 4.79 Å². The van der Waals surface area contributed by atoms with Gasteiger partial charge in [-0.3, -0.25) is 9.78 Å². The number of hydrogen-bond acceptors (Lipinski definition) is 3. The van der Waals surface area contributed by atoms with Crippen LogP contribution < -0.4 is 5.32 Å². The molecular formula is C19H22N2O2. The van der Waals surface area contributed by atoms with Crippen molar-refractivity contribution in [3.05, 3.63) is 65.0 Å². The molecule has 0 aliphatic carbocycles. The van der Waals surface area contributed by atoms with E-state index < -0.39 is 0 Å². The fraction of sp³-hybridized carbons (Fsp3) is 0.368. The van der Waals surface area contributed by atoms with Crippen LogP contribution in [0, 0.1) is 19.8 Å². The van der Waals surface area contributed by atoms with E-state index in [0.29, 0.717) is 18.0 Å². The number of nitrogens with zero attached hydrogens (tertiary/aromatic N) is 1. The molecule has 1 fully saturated rings. The predicted octanol–water partition coefficient (Wildman–Crippen LogP) is 3.21. The van der Waals surface area contributed by atoms with Gasteiger partial charge in [-0.15, -0.1) is 0 Å². The Kier molecular flexibility index (Phi) is 4.72. The number of benzene rings is 1. The van der Waals surface area contributed by atoms with Gasteiger partial charge in [-0.25, -0.2) is 0 Å². The maximum atomic E-state index is 12.4. The highest BCUT2D eigenvalue weighted by Crippen LogP contribution is 2.33. The van der Waals surface area contributed by atoms with E-state index >= 15 is 0 Å². The first-order valence-electron chi connectivity index (χ1n) is 8.04. The number of aryl methyl sites for hydroxylation is 2. The molecule has 4 heteroatoms. The quantitative estimate of drug-likeness (QED) is 0.943. The standard InChI is InChI=1S/C19H22N2O2/c1-13-8-9-17(14(2)21-13)19(22)20-12-16-10-11-23-18(16)15-6-4-3-5-7-15/h3-9,16,18H,10-12H2,1-2H3,(H,20,22)/t16-,18-/m1/s1. The van der Waals surface area contributed by atoms with Crippen LogP contribution in [-0.4, -0.2) is 24.0 Å². The van der Waals surface area contributed by atoms with Gasteiger partial charge in [0.15, 0.2) is 0 Å². The fourth-order valence-corrected chi connectivity index (χ4v) is 3.10. The number of pyridine rings is 1. The van der Waals surface area contributed by atoms with Crippen LogP contribution in [0.3, 0.4) is 0 Å². The number of nitrogens with one attached hydrogen (secondary N) is 1. The van der Waals surface area contributed by atoms with Crippen LogP contribution in [0.5, 0.6) is 0 Å². The smallest absolute Gasteiger partial charge is 0.253 e. The monoisotopic (exact) mass is 310 g/mol. The van der Waals surface area contributed by atoms with Gasteiger partial charge in [-0.05, 0) is 38.0 Å². The molecule has 120 valence electrons. The number of amides is 1. The Morgan fingerprint density at radius 3 is 2.74 bits per heavy atom. The molecule has 0 radical (unpaired) electrons. The molecular weight excluding hydrogens is 288 g/mol. The van der Waals surface area contributed by atoms with E-state index in [1.54, 1.807) is 0 Å². The lowest BCUT2D eigenvalue weighted by atomic mass is 9.95. The lowest BCUT2D eigenvalue weighted by Gasteiger charge is -2.19.